The van der Waals surface area contributed by atoms with E-state index in [2.05, 4.69) is 23.5 Å². The van der Waals surface area contributed by atoms with Crippen LogP contribution in [0.3, 0.4) is 0 Å². The van der Waals surface area contributed by atoms with Crippen molar-refractivity contribution in [1.82, 2.24) is 5.32 Å². The molecular weight excluding hydrogens is 452 g/mol. The molecule has 1 aliphatic heterocycles. The van der Waals surface area contributed by atoms with Crippen LogP contribution in [0.25, 0.3) is 6.08 Å². The second-order valence-electron chi connectivity index (χ2n) is 8.17. The zero-order chi connectivity index (χ0) is 24.4. The number of ether oxygens (including phenoxy) is 1. The van der Waals surface area contributed by atoms with Gasteiger partial charge in [0.25, 0.3) is 11.8 Å². The number of anilines is 1. The summed E-state index contributed by atoms with van der Waals surface area (Å²) in [5, 5.41) is 2.73. The van der Waals surface area contributed by atoms with Crippen molar-refractivity contribution in [2.45, 2.75) is 20.3 Å². The predicted molar refractivity (Wildman–Crippen MR) is 132 cm³/mol. The lowest BCUT2D eigenvalue weighted by atomic mass is 9.95. The molecule has 0 saturated carbocycles. The van der Waals surface area contributed by atoms with Gasteiger partial charge in [-0.2, -0.15) is 0 Å². The molecule has 0 radical (unpaired) electrons. The average Bonchev–Trinajstić information content (AvgIpc) is 2.78. The normalized spacial score (nSPS) is 15.0. The summed E-state index contributed by atoms with van der Waals surface area (Å²) in [5.74, 6) is -0.885. The number of carbonyl (C=O) groups excluding carboxylic acids is 3. The first-order valence-electron chi connectivity index (χ1n) is 10.7. The van der Waals surface area contributed by atoms with Crippen LogP contribution in [0.4, 0.5) is 10.5 Å². The molecule has 0 atom stereocenters. The number of hydrogen-bond donors (Lipinski definition) is 1. The van der Waals surface area contributed by atoms with Crippen LogP contribution in [0.5, 0.6) is 5.75 Å². The Hall–Kier alpha value is -3.90. The summed E-state index contributed by atoms with van der Waals surface area (Å²) in [6, 6.07) is 17.3. The van der Waals surface area contributed by atoms with E-state index in [0.717, 1.165) is 27.2 Å². The molecule has 0 bridgehead atoms. The molecule has 3 aromatic rings. The van der Waals surface area contributed by atoms with Gasteiger partial charge in [0, 0.05) is 5.02 Å². The Morgan fingerprint density at radius 2 is 1.62 bits per heavy atom. The lowest BCUT2D eigenvalue weighted by molar-refractivity contribution is -0.122. The monoisotopic (exact) mass is 474 g/mol. The van der Waals surface area contributed by atoms with Crippen LogP contribution < -0.4 is 15.0 Å². The molecule has 0 unspecified atom stereocenters. The zero-order valence-electron chi connectivity index (χ0n) is 19.0. The van der Waals surface area contributed by atoms with Crippen molar-refractivity contribution in [1.29, 1.82) is 0 Å². The van der Waals surface area contributed by atoms with Gasteiger partial charge < -0.3 is 4.74 Å². The number of barbiturate groups is 1. The standard InChI is InChI=1S/C27H23ClN2O4/c1-16-10-17(2)12-18(11-16)13-19-4-5-21(28)14-20(19)15-24-25(31)29-27(33)30(26(24)32)22-6-8-23(34-3)9-7-22/h4-12,14-15H,13H2,1-3H3,(H,29,31,33)/b24-15+. The van der Waals surface area contributed by atoms with E-state index in [-0.39, 0.29) is 5.57 Å². The Bertz CT molecular complexity index is 1310. The number of urea groups is 1. The van der Waals surface area contributed by atoms with E-state index in [1.54, 1.807) is 36.4 Å². The minimum atomic E-state index is -0.807. The van der Waals surface area contributed by atoms with Crippen LogP contribution in [-0.4, -0.2) is 25.0 Å². The highest BCUT2D eigenvalue weighted by Crippen LogP contribution is 2.27. The molecule has 0 aromatic heterocycles. The van der Waals surface area contributed by atoms with Crippen molar-refractivity contribution in [3.63, 3.8) is 0 Å². The summed E-state index contributed by atoms with van der Waals surface area (Å²) in [5.41, 5.74) is 5.11. The largest absolute Gasteiger partial charge is 0.497 e. The third-order valence-corrected chi connectivity index (χ3v) is 5.75. The van der Waals surface area contributed by atoms with Gasteiger partial charge in [0.1, 0.15) is 11.3 Å². The van der Waals surface area contributed by atoms with E-state index in [1.807, 2.05) is 19.9 Å². The van der Waals surface area contributed by atoms with Crippen LogP contribution in [-0.2, 0) is 16.0 Å². The number of nitrogens with zero attached hydrogens (tertiary/aromatic N) is 1. The summed E-state index contributed by atoms with van der Waals surface area (Å²) in [7, 11) is 1.52. The molecule has 1 N–H and O–H groups in total. The molecule has 0 spiro atoms. The third-order valence-electron chi connectivity index (χ3n) is 5.52. The van der Waals surface area contributed by atoms with E-state index in [9.17, 15) is 14.4 Å². The van der Waals surface area contributed by atoms with Crippen molar-refractivity contribution in [3.05, 3.63) is 99.1 Å². The highest BCUT2D eigenvalue weighted by atomic mass is 35.5. The van der Waals surface area contributed by atoms with E-state index in [1.165, 1.54) is 13.2 Å². The average molecular weight is 475 g/mol. The van der Waals surface area contributed by atoms with Crippen molar-refractivity contribution in [2.75, 3.05) is 12.0 Å². The molecule has 6 nitrogen and oxygen atoms in total. The van der Waals surface area contributed by atoms with Crippen molar-refractivity contribution < 1.29 is 19.1 Å². The number of halogens is 1. The Labute approximate surface area is 202 Å². The minimum Gasteiger partial charge on any atom is -0.497 e. The third kappa shape index (κ3) is 4.87. The Morgan fingerprint density at radius 1 is 0.941 bits per heavy atom. The number of nitrogens with one attached hydrogen (secondary N) is 1. The summed E-state index contributed by atoms with van der Waals surface area (Å²) < 4.78 is 5.13. The number of imide groups is 2. The first-order valence-corrected chi connectivity index (χ1v) is 11.0. The first-order chi connectivity index (χ1) is 16.2. The maximum Gasteiger partial charge on any atom is 0.335 e. The highest BCUT2D eigenvalue weighted by molar-refractivity contribution is 6.39. The van der Waals surface area contributed by atoms with Gasteiger partial charge in [-0.3, -0.25) is 14.9 Å². The molecule has 3 aromatic carbocycles. The molecule has 34 heavy (non-hydrogen) atoms. The number of aryl methyl sites for hydroxylation is 2. The number of methoxy groups -OCH3 is 1. The Kier molecular flexibility index (Phi) is 6.52. The van der Waals surface area contributed by atoms with Crippen molar-refractivity contribution >= 4 is 41.2 Å². The minimum absolute atomic E-state index is 0.153. The lowest BCUT2D eigenvalue weighted by Gasteiger charge is -2.26. The van der Waals surface area contributed by atoms with E-state index in [4.69, 9.17) is 16.3 Å². The maximum atomic E-state index is 13.3. The van der Waals surface area contributed by atoms with Gasteiger partial charge in [-0.15, -0.1) is 0 Å². The number of rotatable bonds is 5. The van der Waals surface area contributed by atoms with Crippen LogP contribution in [0.2, 0.25) is 5.02 Å². The second-order valence-corrected chi connectivity index (χ2v) is 8.61. The van der Waals surface area contributed by atoms with Crippen LogP contribution >= 0.6 is 11.6 Å². The quantitative estimate of drug-likeness (QED) is 0.406. The molecular formula is C27H23ClN2O4. The van der Waals surface area contributed by atoms with E-state index >= 15 is 0 Å². The first kappa shape index (κ1) is 23.3. The molecule has 0 aliphatic carbocycles. The van der Waals surface area contributed by atoms with Gasteiger partial charge in [0.05, 0.1) is 12.8 Å². The van der Waals surface area contributed by atoms with Gasteiger partial charge >= 0.3 is 6.03 Å². The molecule has 1 heterocycles. The Morgan fingerprint density at radius 3 is 2.26 bits per heavy atom. The van der Waals surface area contributed by atoms with Gasteiger partial charge in [-0.25, -0.2) is 9.69 Å². The smallest absolute Gasteiger partial charge is 0.335 e. The number of benzene rings is 3. The zero-order valence-corrected chi connectivity index (χ0v) is 19.8. The molecule has 1 saturated heterocycles. The van der Waals surface area contributed by atoms with Gasteiger partial charge in [-0.05, 0) is 79.4 Å². The van der Waals surface area contributed by atoms with E-state index < -0.39 is 17.8 Å². The fourth-order valence-corrected chi connectivity index (χ4v) is 4.21. The Balaban J connectivity index is 1.73. The van der Waals surface area contributed by atoms with Crippen LogP contribution in [0.1, 0.15) is 27.8 Å². The van der Waals surface area contributed by atoms with E-state index in [0.29, 0.717) is 28.4 Å². The van der Waals surface area contributed by atoms with Crippen molar-refractivity contribution in [3.8, 4) is 5.75 Å². The second kappa shape index (κ2) is 9.53. The summed E-state index contributed by atoms with van der Waals surface area (Å²) in [6.07, 6.45) is 2.08. The molecule has 4 rings (SSSR count). The lowest BCUT2D eigenvalue weighted by Crippen LogP contribution is -2.54. The predicted octanol–water partition coefficient (Wildman–Crippen LogP) is 5.22. The molecule has 7 heteroatoms. The molecule has 1 fully saturated rings. The number of amides is 4. The van der Waals surface area contributed by atoms with Gasteiger partial charge in [0.15, 0.2) is 0 Å². The topological polar surface area (TPSA) is 75.7 Å². The van der Waals surface area contributed by atoms with Gasteiger partial charge in [-0.1, -0.05) is 47.0 Å². The molecule has 1 aliphatic rings. The maximum absolute atomic E-state index is 13.3. The molecule has 172 valence electrons. The summed E-state index contributed by atoms with van der Waals surface area (Å²) in [4.78, 5) is 39.3. The highest BCUT2D eigenvalue weighted by Gasteiger charge is 2.37. The number of hydrogen-bond acceptors (Lipinski definition) is 4. The summed E-state index contributed by atoms with van der Waals surface area (Å²) >= 11 is 6.25. The SMILES string of the molecule is COc1ccc(N2C(=O)NC(=O)/C(=C\c3cc(Cl)ccc3Cc3cc(C)cc(C)c3)C2=O)cc1. The molecule has 4 amide bonds. The summed E-state index contributed by atoms with van der Waals surface area (Å²) in [6.45, 7) is 4.08. The van der Waals surface area contributed by atoms with Crippen molar-refractivity contribution in [2.24, 2.45) is 0 Å². The fraction of sp³-hybridized carbons (Fsp3) is 0.148. The number of carbonyl (C=O) groups is 3. The van der Waals surface area contributed by atoms with Crippen LogP contribution in [0, 0.1) is 13.8 Å². The van der Waals surface area contributed by atoms with Crippen LogP contribution in [0.15, 0.2) is 66.2 Å². The van der Waals surface area contributed by atoms with Gasteiger partial charge in [0.2, 0.25) is 0 Å². The fourth-order valence-electron chi connectivity index (χ4n) is 4.03.